The number of aliphatic hydroxyl groups is 2. The molecule has 6 N–H and O–H groups in total. The van der Waals surface area contributed by atoms with Crippen molar-refractivity contribution in [1.29, 1.82) is 0 Å². The van der Waals surface area contributed by atoms with Gasteiger partial charge in [0.25, 0.3) is 11.7 Å². The Morgan fingerprint density at radius 2 is 1.49 bits per heavy atom. The predicted molar refractivity (Wildman–Crippen MR) is 240 cm³/mol. The van der Waals surface area contributed by atoms with E-state index < -0.39 is 88.8 Å². The van der Waals surface area contributed by atoms with Gasteiger partial charge < -0.3 is 49.8 Å². The third-order valence-electron chi connectivity index (χ3n) is 13.0. The predicted octanol–water partition coefficient (Wildman–Crippen LogP) is 7.52. The van der Waals surface area contributed by atoms with E-state index in [1.165, 1.54) is 65.4 Å². The molecule has 1 amide bonds. The Morgan fingerprint density at radius 3 is 2.10 bits per heavy atom. The topological polar surface area (TPSA) is 217 Å². The number of carbonyl (C=O) groups is 3. The highest BCUT2D eigenvalue weighted by molar-refractivity contribution is 6.23. The number of fused-ring (bicyclic) bond motifs is 14. The number of phenols is 3. The fourth-order valence-electron chi connectivity index (χ4n) is 8.89. The fraction of sp³-hybridized carbons (Fsp3) is 0.583. The minimum Gasteiger partial charge on any atom is -0.507 e. The van der Waals surface area contributed by atoms with Crippen LogP contribution < -0.4 is 10.1 Å². The highest BCUT2D eigenvalue weighted by atomic mass is 16.7. The van der Waals surface area contributed by atoms with Crippen LogP contribution in [-0.4, -0.2) is 105 Å². The van der Waals surface area contributed by atoms with E-state index in [9.17, 15) is 39.9 Å². The van der Waals surface area contributed by atoms with Gasteiger partial charge in [-0.1, -0.05) is 84.4 Å². The van der Waals surface area contributed by atoms with Crippen LogP contribution in [0.1, 0.15) is 121 Å². The Bertz CT molecular complexity index is 2120. The number of hydrogen-bond donors (Lipinski definition) is 6. The number of allylic oxidation sites excluding steroid dienone is 2. The average Bonchev–Trinajstić information content (AvgIpc) is 3.48. The number of nitrogens with one attached hydrogen (secondary N) is 1. The zero-order valence-corrected chi connectivity index (χ0v) is 38.1. The lowest BCUT2D eigenvalue weighted by Crippen LogP contribution is -2.46. The number of hydrazone groups is 1. The number of ketones is 1. The van der Waals surface area contributed by atoms with Gasteiger partial charge in [0.1, 0.15) is 23.4 Å². The van der Waals surface area contributed by atoms with Crippen molar-refractivity contribution in [1.82, 2.24) is 5.01 Å². The van der Waals surface area contributed by atoms with Crippen molar-refractivity contribution in [2.24, 2.45) is 28.8 Å². The standard InChI is InChI=1S/C48H67N3O12/c1-26-19-18-20-27(2)47(59)50-38-33(25-49-51-22-16-14-12-10-11-13-15-17-23-51)42(56)35-36(43(38)57)41(55)31(6)45-37(35)46(58)48(8,63-45)61-24-21-34(60-9)28(3)44(62-32(7)52)30(5)40(54)29(4)39(26)53/h18-21,24-26,28-30,34,39-40,44,53-57H,10-17,22-23H2,1-9H3,(H,50,59)/b19-18+,24-21+,27-20-,49-25+/t26-,28-,29-,30-,34+,39+,40-,44-,48+/m1/s1. The van der Waals surface area contributed by atoms with Crippen LogP contribution in [0.4, 0.5) is 5.69 Å². The maximum absolute atomic E-state index is 14.6. The molecule has 9 atom stereocenters. The van der Waals surface area contributed by atoms with Crippen molar-refractivity contribution in [3.05, 3.63) is 52.8 Å². The second-order valence-electron chi connectivity index (χ2n) is 17.6. The third-order valence-corrected chi connectivity index (χ3v) is 13.0. The van der Waals surface area contributed by atoms with Gasteiger partial charge in [-0.05, 0) is 32.8 Å². The summed E-state index contributed by atoms with van der Waals surface area (Å²) in [5.74, 6) is -8.24. The summed E-state index contributed by atoms with van der Waals surface area (Å²) in [4.78, 5) is 40.8. The SMILES string of the molecule is CO[C@H]1/C=C/O[C@@]2(C)Oc3c(C)c(O)c4c(O)c(c(/C=N/N5CCCCCCCCCC5)c(O)c4c3C2=O)NC(=O)/C(C)=C\C=C\[C@@H](C)[C@H](O)[C@@H](C)[C@@H](O)[C@@H](C)[C@H](OC(C)=O)[C@@H]1C. The highest BCUT2D eigenvalue weighted by Crippen LogP contribution is 2.55. The molecule has 0 aromatic heterocycles. The maximum atomic E-state index is 14.6. The van der Waals surface area contributed by atoms with E-state index in [0.29, 0.717) is 13.1 Å². The second-order valence-corrected chi connectivity index (χ2v) is 17.6. The Hall–Kier alpha value is -5.12. The van der Waals surface area contributed by atoms with Crippen molar-refractivity contribution in [2.45, 2.75) is 137 Å². The number of aromatic hydroxyl groups is 3. The van der Waals surface area contributed by atoms with E-state index in [1.807, 2.05) is 5.01 Å². The first-order valence-corrected chi connectivity index (χ1v) is 22.2. The summed E-state index contributed by atoms with van der Waals surface area (Å²) in [5, 5.41) is 67.8. The first-order chi connectivity index (χ1) is 29.8. The van der Waals surface area contributed by atoms with Crippen LogP contribution >= 0.6 is 0 Å². The van der Waals surface area contributed by atoms with E-state index in [4.69, 9.17) is 24.0 Å². The Morgan fingerprint density at radius 1 is 0.873 bits per heavy atom. The van der Waals surface area contributed by atoms with E-state index >= 15 is 0 Å². The van der Waals surface area contributed by atoms with Crippen LogP contribution in [-0.2, 0) is 23.8 Å². The molecule has 0 aliphatic carbocycles. The normalized spacial score (nSPS) is 31.4. The van der Waals surface area contributed by atoms with Crippen molar-refractivity contribution >= 4 is 40.3 Å². The Labute approximate surface area is 370 Å². The van der Waals surface area contributed by atoms with Gasteiger partial charge in [0.2, 0.25) is 0 Å². The number of anilines is 1. The van der Waals surface area contributed by atoms with Gasteiger partial charge in [-0.3, -0.25) is 19.4 Å². The highest BCUT2D eigenvalue weighted by Gasteiger charge is 2.50. The van der Waals surface area contributed by atoms with Crippen molar-refractivity contribution in [3.8, 4) is 23.0 Å². The van der Waals surface area contributed by atoms with Gasteiger partial charge in [0.15, 0.2) is 5.75 Å². The monoisotopic (exact) mass is 877 g/mol. The number of hydrogen-bond acceptors (Lipinski definition) is 14. The van der Waals surface area contributed by atoms with Gasteiger partial charge >= 0.3 is 11.8 Å². The van der Waals surface area contributed by atoms with Crippen LogP contribution in [0.25, 0.3) is 10.8 Å². The number of ether oxygens (including phenoxy) is 4. The number of esters is 1. The van der Waals surface area contributed by atoms with Crippen molar-refractivity contribution in [3.63, 3.8) is 0 Å². The molecule has 5 bridgehead atoms. The summed E-state index contributed by atoms with van der Waals surface area (Å²) in [5.41, 5.74) is -0.263. The van der Waals surface area contributed by atoms with Crippen LogP contribution in [0.3, 0.4) is 0 Å². The molecule has 1 fully saturated rings. The number of amides is 1. The molecule has 0 radical (unpaired) electrons. The summed E-state index contributed by atoms with van der Waals surface area (Å²) >= 11 is 0. The second kappa shape index (κ2) is 21.0. The van der Waals surface area contributed by atoms with Crippen molar-refractivity contribution in [2.75, 3.05) is 25.5 Å². The first-order valence-electron chi connectivity index (χ1n) is 22.2. The van der Waals surface area contributed by atoms with Crippen LogP contribution in [0, 0.1) is 30.6 Å². The molecule has 1 saturated heterocycles. The van der Waals surface area contributed by atoms with Gasteiger partial charge in [0, 0.05) is 74.2 Å². The largest absolute Gasteiger partial charge is 0.507 e. The summed E-state index contributed by atoms with van der Waals surface area (Å²) in [6.07, 6.45) is 13.5. The molecule has 6 rings (SSSR count). The lowest BCUT2D eigenvalue weighted by Gasteiger charge is -2.38. The van der Waals surface area contributed by atoms with Gasteiger partial charge in [-0.25, -0.2) is 0 Å². The molecule has 63 heavy (non-hydrogen) atoms. The molecule has 346 valence electrons. The molecule has 2 aromatic carbocycles. The summed E-state index contributed by atoms with van der Waals surface area (Å²) < 4.78 is 23.7. The molecule has 15 nitrogen and oxygen atoms in total. The van der Waals surface area contributed by atoms with E-state index in [1.54, 1.807) is 46.8 Å². The molecular weight excluding hydrogens is 811 g/mol. The van der Waals surface area contributed by atoms with Crippen LogP contribution in [0.2, 0.25) is 0 Å². The molecule has 2 aromatic rings. The molecule has 4 aliphatic heterocycles. The minimum atomic E-state index is -2.04. The molecule has 0 saturated carbocycles. The van der Waals surface area contributed by atoms with E-state index in [-0.39, 0.29) is 44.5 Å². The molecular formula is C48H67N3O12. The Kier molecular flexibility index (Phi) is 16.3. The number of nitrogens with zero attached hydrogens (tertiary/aromatic N) is 2. The average molecular weight is 878 g/mol. The summed E-state index contributed by atoms with van der Waals surface area (Å²) in [6.45, 7) is 13.9. The lowest BCUT2D eigenvalue weighted by molar-refractivity contribution is -0.160. The van der Waals surface area contributed by atoms with Crippen molar-refractivity contribution < 1.29 is 58.9 Å². The third kappa shape index (κ3) is 10.6. The van der Waals surface area contributed by atoms with Crippen LogP contribution in [0.15, 0.2) is 41.2 Å². The number of carbonyl (C=O) groups excluding carboxylic acids is 3. The maximum Gasteiger partial charge on any atom is 0.312 e. The fourth-order valence-corrected chi connectivity index (χ4v) is 8.89. The molecule has 0 spiro atoms. The molecule has 4 aliphatic rings. The molecule has 4 heterocycles. The lowest BCUT2D eigenvalue weighted by atomic mass is 9.78. The van der Waals surface area contributed by atoms with E-state index in [2.05, 4.69) is 5.32 Å². The van der Waals surface area contributed by atoms with Gasteiger partial charge in [-0.2, -0.15) is 5.10 Å². The number of rotatable bonds is 4. The minimum absolute atomic E-state index is 0.0662. The summed E-state index contributed by atoms with van der Waals surface area (Å²) in [7, 11) is 1.45. The number of methoxy groups -OCH3 is 1. The first kappa shape index (κ1) is 48.9. The smallest absolute Gasteiger partial charge is 0.312 e. The number of Topliss-reactive ketones (excluding diaryl/α,β-unsaturated/α-hetero) is 1. The van der Waals surface area contributed by atoms with Crippen LogP contribution in [0.5, 0.6) is 23.0 Å². The quantitative estimate of drug-likeness (QED) is 0.0759. The van der Waals surface area contributed by atoms with Gasteiger partial charge in [0.05, 0.1) is 53.0 Å². The Balaban J connectivity index is 1.70. The van der Waals surface area contributed by atoms with Gasteiger partial charge in [-0.15, -0.1) is 0 Å². The molecule has 15 heteroatoms. The van der Waals surface area contributed by atoms with E-state index in [0.717, 1.165) is 38.5 Å². The molecule has 0 unspecified atom stereocenters. The zero-order chi connectivity index (χ0) is 46.3. The number of benzene rings is 2. The summed E-state index contributed by atoms with van der Waals surface area (Å²) in [6, 6.07) is 0. The zero-order valence-electron chi connectivity index (χ0n) is 38.1. The number of phenolic OH excluding ortho intramolecular Hbond substituents is 3. The number of aliphatic hydroxyl groups excluding tert-OH is 2.